The summed E-state index contributed by atoms with van der Waals surface area (Å²) in [6.07, 6.45) is -0.428. The summed E-state index contributed by atoms with van der Waals surface area (Å²) in [6, 6.07) is 3.79. The number of aliphatic carboxylic acids is 1. The first-order valence-corrected chi connectivity index (χ1v) is 5.47. The predicted molar refractivity (Wildman–Crippen MR) is 63.7 cm³/mol. The Bertz CT molecular complexity index is 504. The topological polar surface area (TPSA) is 109 Å². The Morgan fingerprint density at radius 1 is 1.37 bits per heavy atom. The second kappa shape index (κ2) is 6.48. The van der Waals surface area contributed by atoms with Crippen molar-refractivity contribution < 1.29 is 23.9 Å². The highest BCUT2D eigenvalue weighted by molar-refractivity contribution is 5.97. The molecule has 0 aromatic heterocycles. The van der Waals surface area contributed by atoms with Crippen LogP contribution in [-0.4, -0.2) is 28.9 Å². The van der Waals surface area contributed by atoms with Crippen LogP contribution in [0.15, 0.2) is 24.3 Å². The van der Waals surface area contributed by atoms with Crippen LogP contribution in [0.4, 0.5) is 4.39 Å². The third kappa shape index (κ3) is 4.74. The molecule has 2 amide bonds. The summed E-state index contributed by atoms with van der Waals surface area (Å²) in [7, 11) is 0. The molecule has 1 aromatic carbocycles. The number of hydrogen-bond donors (Lipinski definition) is 3. The minimum absolute atomic E-state index is 0.0292. The number of benzene rings is 1. The molecule has 0 saturated carbocycles. The van der Waals surface area contributed by atoms with Crippen molar-refractivity contribution >= 4 is 17.8 Å². The lowest BCUT2D eigenvalue weighted by molar-refractivity contribution is -0.137. The predicted octanol–water partition coefficient (Wildman–Crippen LogP) is 0.274. The molecule has 0 aliphatic heterocycles. The lowest BCUT2D eigenvalue weighted by Gasteiger charge is -2.14. The number of nitrogens with one attached hydrogen (secondary N) is 1. The summed E-state index contributed by atoms with van der Waals surface area (Å²) >= 11 is 0. The third-order valence-electron chi connectivity index (χ3n) is 2.38. The molecular formula is C12H13FN2O4. The monoisotopic (exact) mass is 268 g/mol. The van der Waals surface area contributed by atoms with Crippen LogP contribution in [-0.2, 0) is 9.59 Å². The van der Waals surface area contributed by atoms with E-state index in [2.05, 4.69) is 5.32 Å². The molecule has 0 spiro atoms. The number of carboxylic acids is 1. The van der Waals surface area contributed by atoms with Gasteiger partial charge < -0.3 is 16.2 Å². The standard InChI is InChI=1S/C12H13FN2O4/c13-8-3-1-2-7(6-8)12(19)15-9(11(14)18)4-5-10(16)17/h1-3,6,9H,4-5H2,(H2,14,18)(H,15,19)(H,16,17)/t9-/m0/s1. The number of rotatable bonds is 6. The van der Waals surface area contributed by atoms with E-state index >= 15 is 0 Å². The highest BCUT2D eigenvalue weighted by Gasteiger charge is 2.20. The van der Waals surface area contributed by atoms with Gasteiger partial charge in [0, 0.05) is 12.0 Å². The highest BCUT2D eigenvalue weighted by Crippen LogP contribution is 2.05. The van der Waals surface area contributed by atoms with Crippen LogP contribution >= 0.6 is 0 Å². The summed E-state index contributed by atoms with van der Waals surface area (Å²) in [5.74, 6) is -3.22. The average Bonchev–Trinajstić information content (AvgIpc) is 2.33. The molecule has 0 fully saturated rings. The van der Waals surface area contributed by atoms with Gasteiger partial charge in [-0.2, -0.15) is 0 Å². The van der Waals surface area contributed by atoms with Gasteiger partial charge in [-0.1, -0.05) is 6.07 Å². The number of amides is 2. The number of carbonyl (C=O) groups excluding carboxylic acids is 2. The largest absolute Gasteiger partial charge is 0.481 e. The van der Waals surface area contributed by atoms with E-state index in [1.165, 1.54) is 18.2 Å². The Morgan fingerprint density at radius 2 is 2.05 bits per heavy atom. The van der Waals surface area contributed by atoms with Gasteiger partial charge in [0.1, 0.15) is 11.9 Å². The lowest BCUT2D eigenvalue weighted by atomic mass is 10.1. The SMILES string of the molecule is NC(=O)[C@H](CCC(=O)O)NC(=O)c1cccc(F)c1. The number of primary amides is 1. The fraction of sp³-hybridized carbons (Fsp3) is 0.250. The second-order valence-electron chi connectivity index (χ2n) is 3.87. The molecule has 1 rings (SSSR count). The smallest absolute Gasteiger partial charge is 0.303 e. The van der Waals surface area contributed by atoms with Gasteiger partial charge in [0.05, 0.1) is 0 Å². The molecule has 0 unspecified atom stereocenters. The summed E-state index contributed by atoms with van der Waals surface area (Å²) in [5, 5.41) is 10.8. The third-order valence-corrected chi connectivity index (χ3v) is 2.38. The Morgan fingerprint density at radius 3 is 2.58 bits per heavy atom. The zero-order chi connectivity index (χ0) is 14.4. The molecule has 0 bridgehead atoms. The molecule has 6 nitrogen and oxygen atoms in total. The van der Waals surface area contributed by atoms with Crippen LogP contribution < -0.4 is 11.1 Å². The Labute approximate surface area is 108 Å². The molecule has 4 N–H and O–H groups in total. The van der Waals surface area contributed by atoms with Crippen LogP contribution in [0.3, 0.4) is 0 Å². The fourth-order valence-corrected chi connectivity index (χ4v) is 1.42. The Kier molecular flexibility index (Phi) is 4.99. The summed E-state index contributed by atoms with van der Waals surface area (Å²) in [6.45, 7) is 0. The number of halogens is 1. The first-order valence-electron chi connectivity index (χ1n) is 5.47. The molecule has 1 atom stereocenters. The number of carboxylic acid groups (broad SMARTS) is 1. The van der Waals surface area contributed by atoms with E-state index in [4.69, 9.17) is 10.8 Å². The van der Waals surface area contributed by atoms with Crippen molar-refractivity contribution in [2.24, 2.45) is 5.73 Å². The molecule has 7 heteroatoms. The molecule has 0 aliphatic rings. The molecular weight excluding hydrogens is 255 g/mol. The van der Waals surface area contributed by atoms with Crippen molar-refractivity contribution in [2.45, 2.75) is 18.9 Å². The van der Waals surface area contributed by atoms with Crippen molar-refractivity contribution in [2.75, 3.05) is 0 Å². The van der Waals surface area contributed by atoms with E-state index in [1.807, 2.05) is 0 Å². The Balaban J connectivity index is 2.71. The molecule has 1 aromatic rings. The number of hydrogen-bond acceptors (Lipinski definition) is 3. The number of nitrogens with two attached hydrogens (primary N) is 1. The van der Waals surface area contributed by atoms with Crippen molar-refractivity contribution in [1.29, 1.82) is 0 Å². The van der Waals surface area contributed by atoms with Gasteiger partial charge in [0.15, 0.2) is 0 Å². The van der Waals surface area contributed by atoms with Crippen molar-refractivity contribution in [3.05, 3.63) is 35.6 Å². The number of carbonyl (C=O) groups is 3. The summed E-state index contributed by atoms with van der Waals surface area (Å²) in [4.78, 5) is 33.2. The zero-order valence-corrected chi connectivity index (χ0v) is 9.93. The minimum atomic E-state index is -1.11. The Hall–Kier alpha value is -2.44. The minimum Gasteiger partial charge on any atom is -0.481 e. The maximum absolute atomic E-state index is 12.9. The van der Waals surface area contributed by atoms with Crippen molar-refractivity contribution in [1.82, 2.24) is 5.32 Å². The van der Waals surface area contributed by atoms with Crippen molar-refractivity contribution in [3.8, 4) is 0 Å². The second-order valence-corrected chi connectivity index (χ2v) is 3.87. The molecule has 102 valence electrons. The van der Waals surface area contributed by atoms with Gasteiger partial charge in [-0.15, -0.1) is 0 Å². The van der Waals surface area contributed by atoms with Crippen LogP contribution in [0.1, 0.15) is 23.2 Å². The summed E-state index contributed by atoms with van der Waals surface area (Å²) < 4.78 is 12.9. The molecule has 0 aliphatic carbocycles. The van der Waals surface area contributed by atoms with Crippen molar-refractivity contribution in [3.63, 3.8) is 0 Å². The molecule has 19 heavy (non-hydrogen) atoms. The zero-order valence-electron chi connectivity index (χ0n) is 9.93. The fourth-order valence-electron chi connectivity index (χ4n) is 1.42. The van der Waals surface area contributed by atoms with Crippen LogP contribution in [0.2, 0.25) is 0 Å². The van der Waals surface area contributed by atoms with Gasteiger partial charge in [-0.3, -0.25) is 14.4 Å². The van der Waals surface area contributed by atoms with Gasteiger partial charge in [-0.25, -0.2) is 4.39 Å². The highest BCUT2D eigenvalue weighted by atomic mass is 19.1. The maximum Gasteiger partial charge on any atom is 0.303 e. The van der Waals surface area contributed by atoms with E-state index in [9.17, 15) is 18.8 Å². The molecule has 0 saturated heterocycles. The van der Waals surface area contributed by atoms with E-state index in [0.29, 0.717) is 0 Å². The lowest BCUT2D eigenvalue weighted by Crippen LogP contribution is -2.44. The first kappa shape index (κ1) is 14.6. The molecule has 0 heterocycles. The maximum atomic E-state index is 12.9. The van der Waals surface area contributed by atoms with E-state index in [-0.39, 0.29) is 18.4 Å². The van der Waals surface area contributed by atoms with Crippen LogP contribution in [0.5, 0.6) is 0 Å². The average molecular weight is 268 g/mol. The van der Waals surface area contributed by atoms with Gasteiger partial charge in [0.25, 0.3) is 5.91 Å². The molecule has 0 radical (unpaired) electrons. The van der Waals surface area contributed by atoms with E-state index < -0.39 is 29.6 Å². The van der Waals surface area contributed by atoms with Gasteiger partial charge in [0.2, 0.25) is 5.91 Å². The quantitative estimate of drug-likeness (QED) is 0.688. The van der Waals surface area contributed by atoms with Gasteiger partial charge in [-0.05, 0) is 24.6 Å². The summed E-state index contributed by atoms with van der Waals surface area (Å²) in [5.41, 5.74) is 5.09. The normalized spacial score (nSPS) is 11.6. The van der Waals surface area contributed by atoms with E-state index in [0.717, 1.165) is 6.07 Å². The van der Waals surface area contributed by atoms with E-state index in [1.54, 1.807) is 0 Å². The van der Waals surface area contributed by atoms with Gasteiger partial charge >= 0.3 is 5.97 Å². The van der Waals surface area contributed by atoms with Crippen LogP contribution in [0, 0.1) is 5.82 Å². The first-order chi connectivity index (χ1) is 8.90. The van der Waals surface area contributed by atoms with Crippen LogP contribution in [0.25, 0.3) is 0 Å².